The van der Waals surface area contributed by atoms with Crippen LogP contribution in [0.15, 0.2) is 36.5 Å². The topological polar surface area (TPSA) is 64.0 Å². The number of nitrogens with zero attached hydrogens (tertiary/aromatic N) is 2. The van der Waals surface area contributed by atoms with Crippen LogP contribution in [-0.4, -0.2) is 47.6 Å². The zero-order chi connectivity index (χ0) is 16.1. The lowest BCUT2D eigenvalue weighted by molar-refractivity contribution is 0.253. The number of aromatic nitrogens is 1. The molecule has 0 aliphatic rings. The van der Waals surface area contributed by atoms with Crippen LogP contribution in [-0.2, 0) is 0 Å². The van der Waals surface area contributed by atoms with Crippen LogP contribution in [0, 0.1) is 5.41 Å². The quantitative estimate of drug-likeness (QED) is 0.450. The second-order valence-corrected chi connectivity index (χ2v) is 6.25. The van der Waals surface area contributed by atoms with Gasteiger partial charge in [-0.25, -0.2) is 0 Å². The molecule has 0 aliphatic carbocycles. The molecular weight excluding hydrogens is 294 g/mol. The summed E-state index contributed by atoms with van der Waals surface area (Å²) in [5, 5.41) is 16.1. The van der Waals surface area contributed by atoms with Crippen LogP contribution in [0.1, 0.15) is 6.92 Å². The third-order valence-electron chi connectivity index (χ3n) is 3.51. The Morgan fingerprint density at radius 3 is 2.77 bits per heavy atom. The van der Waals surface area contributed by atoms with Gasteiger partial charge in [0.2, 0.25) is 0 Å². The minimum atomic E-state index is 0.0320. The maximum atomic E-state index is 7.83. The summed E-state index contributed by atoms with van der Waals surface area (Å²) in [5.74, 6) is 0. The maximum absolute atomic E-state index is 7.83. The first-order valence-electron chi connectivity index (χ1n) is 7.18. The van der Waals surface area contributed by atoms with Crippen molar-refractivity contribution in [2.75, 3.05) is 25.7 Å². The number of hydrogen-bond acceptors (Lipinski definition) is 5. The average molecular weight is 317 g/mol. The third-order valence-corrected chi connectivity index (χ3v) is 4.04. The van der Waals surface area contributed by atoms with E-state index in [4.69, 9.17) is 5.41 Å². The minimum Gasteiger partial charge on any atom is -0.379 e. The van der Waals surface area contributed by atoms with Crippen molar-refractivity contribution in [2.24, 2.45) is 0 Å². The van der Waals surface area contributed by atoms with E-state index in [2.05, 4.69) is 39.6 Å². The van der Waals surface area contributed by atoms with Gasteiger partial charge in [-0.15, -0.1) is 0 Å². The normalized spacial score (nSPS) is 13.9. The molecule has 1 heterocycles. The summed E-state index contributed by atoms with van der Waals surface area (Å²) in [5.41, 5.74) is 2.05. The second-order valence-electron chi connectivity index (χ2n) is 5.43. The smallest absolute Gasteiger partial charge is 0.154 e. The van der Waals surface area contributed by atoms with Gasteiger partial charge in [0.25, 0.3) is 0 Å². The van der Waals surface area contributed by atoms with E-state index >= 15 is 0 Å². The lowest BCUT2D eigenvalue weighted by atomic mass is 10.1. The van der Waals surface area contributed by atoms with Crippen molar-refractivity contribution in [3.63, 3.8) is 0 Å². The van der Waals surface area contributed by atoms with Crippen molar-refractivity contribution >= 4 is 33.5 Å². The molecule has 0 spiro atoms. The highest BCUT2D eigenvalue weighted by molar-refractivity contribution is 8.13. The third kappa shape index (κ3) is 4.11. The first kappa shape index (κ1) is 16.6. The molecule has 2 atom stereocenters. The van der Waals surface area contributed by atoms with Gasteiger partial charge in [-0.2, -0.15) is 0 Å². The summed E-state index contributed by atoms with van der Waals surface area (Å²) < 4.78 is 0. The molecule has 0 radical (unpaired) electrons. The molecule has 2 rings (SSSR count). The minimum absolute atomic E-state index is 0.0320. The Bertz CT molecular complexity index is 643. The van der Waals surface area contributed by atoms with Gasteiger partial charge in [-0.05, 0) is 51.5 Å². The van der Waals surface area contributed by atoms with Crippen molar-refractivity contribution in [3.8, 4) is 0 Å². The van der Waals surface area contributed by atoms with Gasteiger partial charge in [0.15, 0.2) is 5.17 Å². The number of fused-ring (bicyclic) bond motifs is 1. The molecule has 0 amide bonds. The summed E-state index contributed by atoms with van der Waals surface area (Å²) in [6.07, 6.45) is 3.73. The molecule has 6 heteroatoms. The van der Waals surface area contributed by atoms with Gasteiger partial charge in [-0.1, -0.05) is 17.8 Å². The molecule has 1 unspecified atom stereocenters. The molecule has 0 bridgehead atoms. The monoisotopic (exact) mass is 317 g/mol. The molecule has 5 nitrogen and oxygen atoms in total. The van der Waals surface area contributed by atoms with Gasteiger partial charge in [0.1, 0.15) is 6.17 Å². The zero-order valence-corrected chi connectivity index (χ0v) is 14.2. The molecule has 0 saturated carbocycles. The van der Waals surface area contributed by atoms with Crippen molar-refractivity contribution in [3.05, 3.63) is 36.5 Å². The van der Waals surface area contributed by atoms with E-state index in [0.717, 1.165) is 16.6 Å². The molecule has 118 valence electrons. The summed E-state index contributed by atoms with van der Waals surface area (Å²) >= 11 is 1.41. The Morgan fingerprint density at radius 1 is 1.32 bits per heavy atom. The van der Waals surface area contributed by atoms with Gasteiger partial charge >= 0.3 is 0 Å². The number of hydrogen-bond donors (Lipinski definition) is 3. The van der Waals surface area contributed by atoms with Gasteiger partial charge in [0, 0.05) is 17.3 Å². The van der Waals surface area contributed by atoms with E-state index in [-0.39, 0.29) is 12.2 Å². The van der Waals surface area contributed by atoms with E-state index in [1.54, 1.807) is 6.20 Å². The fraction of sp³-hybridized carbons (Fsp3) is 0.375. The number of rotatable bonds is 5. The Labute approximate surface area is 136 Å². The molecule has 0 saturated heterocycles. The van der Waals surface area contributed by atoms with E-state index < -0.39 is 0 Å². The number of thioether (sulfide) groups is 1. The lowest BCUT2D eigenvalue weighted by Crippen LogP contribution is -2.52. The van der Waals surface area contributed by atoms with Crippen molar-refractivity contribution in [2.45, 2.75) is 19.1 Å². The number of likely N-dealkylation sites (N-methyl/N-ethyl adjacent to an activating group) is 1. The van der Waals surface area contributed by atoms with Crippen LogP contribution in [0.4, 0.5) is 5.69 Å². The molecular formula is C16H23N5S. The Kier molecular flexibility index (Phi) is 5.63. The van der Waals surface area contributed by atoms with Crippen molar-refractivity contribution < 1.29 is 0 Å². The average Bonchev–Trinajstić information content (AvgIpc) is 2.51. The van der Waals surface area contributed by atoms with Crippen LogP contribution in [0.3, 0.4) is 0 Å². The van der Waals surface area contributed by atoms with Gasteiger partial charge < -0.3 is 10.6 Å². The highest BCUT2D eigenvalue weighted by Crippen LogP contribution is 2.18. The molecule has 0 aliphatic heterocycles. The van der Waals surface area contributed by atoms with E-state index in [0.29, 0.717) is 5.17 Å². The van der Waals surface area contributed by atoms with Crippen LogP contribution in [0.25, 0.3) is 10.9 Å². The van der Waals surface area contributed by atoms with Crippen LogP contribution in [0.2, 0.25) is 0 Å². The fourth-order valence-corrected chi connectivity index (χ4v) is 2.64. The summed E-state index contributed by atoms with van der Waals surface area (Å²) in [7, 11) is 4.02. The first-order valence-corrected chi connectivity index (χ1v) is 8.40. The first-order chi connectivity index (χ1) is 10.5. The predicted octanol–water partition coefficient (Wildman–Crippen LogP) is 2.81. The Morgan fingerprint density at radius 2 is 2.09 bits per heavy atom. The van der Waals surface area contributed by atoms with Gasteiger partial charge in [0.05, 0.1) is 11.6 Å². The molecule has 0 fully saturated rings. The maximum Gasteiger partial charge on any atom is 0.154 e. The highest BCUT2D eigenvalue weighted by atomic mass is 32.2. The standard InChI is InChI=1S/C16H23N5S/c1-11(15(21(2)3)20-16(17)22-4)19-13-7-8-14-12(10-13)6-5-9-18-14/h5-11,15,19H,1-4H3,(H2,17,20)/t11?,15-/m1/s1. The van der Waals surface area contributed by atoms with Crippen LogP contribution in [0.5, 0.6) is 0 Å². The number of benzene rings is 1. The summed E-state index contributed by atoms with van der Waals surface area (Å²) in [6, 6.07) is 10.3. The number of amidine groups is 1. The van der Waals surface area contributed by atoms with Crippen LogP contribution < -0.4 is 10.6 Å². The van der Waals surface area contributed by atoms with E-state index in [9.17, 15) is 0 Å². The summed E-state index contributed by atoms with van der Waals surface area (Å²) in [4.78, 5) is 6.41. The van der Waals surface area contributed by atoms with E-state index in [1.807, 2.05) is 38.6 Å². The second kappa shape index (κ2) is 7.47. The number of anilines is 1. The molecule has 1 aromatic carbocycles. The highest BCUT2D eigenvalue weighted by Gasteiger charge is 2.20. The molecule has 2 aromatic rings. The molecule has 22 heavy (non-hydrogen) atoms. The predicted molar refractivity (Wildman–Crippen MR) is 96.7 cm³/mol. The molecule has 1 aromatic heterocycles. The number of nitrogens with one attached hydrogen (secondary N) is 3. The largest absolute Gasteiger partial charge is 0.379 e. The fourth-order valence-electron chi connectivity index (χ4n) is 2.40. The SMILES string of the molecule is CSC(=N)N[C@@H](C(C)Nc1ccc2ncccc2c1)N(C)C. The Balaban J connectivity index is 2.13. The summed E-state index contributed by atoms with van der Waals surface area (Å²) in [6.45, 7) is 2.11. The van der Waals surface area contributed by atoms with E-state index in [1.165, 1.54) is 11.8 Å². The number of pyridine rings is 1. The van der Waals surface area contributed by atoms with Crippen LogP contribution >= 0.6 is 11.8 Å². The van der Waals surface area contributed by atoms with Crippen molar-refractivity contribution in [1.82, 2.24) is 15.2 Å². The molecule has 3 N–H and O–H groups in total. The van der Waals surface area contributed by atoms with Gasteiger partial charge in [-0.3, -0.25) is 15.3 Å². The van der Waals surface area contributed by atoms with Crippen molar-refractivity contribution in [1.29, 1.82) is 5.41 Å². The Hall–Kier alpha value is -1.79. The zero-order valence-electron chi connectivity index (χ0n) is 13.4. The lowest BCUT2D eigenvalue weighted by Gasteiger charge is -2.32.